The first-order valence-corrected chi connectivity index (χ1v) is 11.6. The van der Waals surface area contributed by atoms with Crippen molar-refractivity contribution in [3.8, 4) is 0 Å². The van der Waals surface area contributed by atoms with Crippen LogP contribution in [0.25, 0.3) is 0 Å². The molecule has 0 heterocycles. The van der Waals surface area contributed by atoms with E-state index in [-0.39, 0.29) is 13.0 Å². The van der Waals surface area contributed by atoms with Gasteiger partial charge in [-0.25, -0.2) is 4.57 Å². The Morgan fingerprint density at radius 3 is 2.07 bits per heavy atom. The smallest absolute Gasteiger partial charge is 0.463 e. The van der Waals surface area contributed by atoms with Gasteiger partial charge >= 0.3 is 13.8 Å². The van der Waals surface area contributed by atoms with Crippen LogP contribution in [-0.4, -0.2) is 40.2 Å². The zero-order valence-electron chi connectivity index (χ0n) is 16.6. The summed E-state index contributed by atoms with van der Waals surface area (Å²) in [4.78, 5) is 28.5. The van der Waals surface area contributed by atoms with E-state index in [0.717, 1.165) is 32.1 Å². The number of carbonyl (C=O) groups excluding carboxylic acids is 1. The second kappa shape index (κ2) is 17.4. The molecular weight excluding hydrogens is 371 g/mol. The molecule has 0 aliphatic rings. The fraction of sp³-hybridized carbons (Fsp3) is 0.842. The molecule has 0 amide bonds. The van der Waals surface area contributed by atoms with Gasteiger partial charge in [0, 0.05) is 6.42 Å². The van der Waals surface area contributed by atoms with Gasteiger partial charge in [0.1, 0.15) is 12.7 Å². The molecule has 0 rings (SSSR count). The molecule has 3 N–H and O–H groups in total. The van der Waals surface area contributed by atoms with Crippen molar-refractivity contribution in [2.75, 3.05) is 13.2 Å². The third kappa shape index (κ3) is 21.4. The van der Waals surface area contributed by atoms with Gasteiger partial charge in [0.15, 0.2) is 0 Å². The van der Waals surface area contributed by atoms with Gasteiger partial charge in [-0.1, -0.05) is 57.6 Å². The van der Waals surface area contributed by atoms with Crippen LogP contribution in [0, 0.1) is 0 Å². The number of phosphoric ester groups is 1. The highest BCUT2D eigenvalue weighted by molar-refractivity contribution is 7.46. The molecule has 8 heteroatoms. The van der Waals surface area contributed by atoms with Crippen molar-refractivity contribution in [3.63, 3.8) is 0 Å². The molecule has 0 aromatic carbocycles. The van der Waals surface area contributed by atoms with Crippen molar-refractivity contribution in [2.24, 2.45) is 0 Å². The zero-order chi connectivity index (χ0) is 20.4. The summed E-state index contributed by atoms with van der Waals surface area (Å²) < 4.78 is 19.4. The first-order valence-electron chi connectivity index (χ1n) is 10.0. The standard InChI is InChI=1S/C19H37O7P/c1-2-3-4-5-6-7-8-9-10-11-12-13-14-15-19(21)25-16-18(20)17-26-27(22,23)24/h7-8,18,20H,2-6,9-17H2,1H3,(H2,22,23,24). The van der Waals surface area contributed by atoms with Crippen molar-refractivity contribution < 1.29 is 33.5 Å². The number of ether oxygens (including phenoxy) is 1. The number of esters is 1. The molecular formula is C19H37O7P. The van der Waals surface area contributed by atoms with E-state index >= 15 is 0 Å². The van der Waals surface area contributed by atoms with Gasteiger partial charge in [-0.05, 0) is 32.1 Å². The van der Waals surface area contributed by atoms with Crippen LogP contribution in [0.5, 0.6) is 0 Å². The van der Waals surface area contributed by atoms with Crippen LogP contribution >= 0.6 is 7.82 Å². The van der Waals surface area contributed by atoms with Gasteiger partial charge in [0.25, 0.3) is 0 Å². The highest BCUT2D eigenvalue weighted by atomic mass is 31.2. The molecule has 0 fully saturated rings. The second-order valence-corrected chi connectivity index (χ2v) is 7.99. The van der Waals surface area contributed by atoms with Crippen molar-refractivity contribution >= 4 is 13.8 Å². The summed E-state index contributed by atoms with van der Waals surface area (Å²) in [6.45, 7) is 1.31. The SMILES string of the molecule is CCCCCCC=CCCCCCCCC(=O)OCC(O)COP(=O)(O)O. The van der Waals surface area contributed by atoms with E-state index in [1.54, 1.807) is 0 Å². The van der Waals surface area contributed by atoms with E-state index in [1.165, 1.54) is 38.5 Å². The van der Waals surface area contributed by atoms with Crippen LogP contribution in [-0.2, 0) is 18.6 Å². The highest BCUT2D eigenvalue weighted by Gasteiger charge is 2.17. The molecule has 0 saturated carbocycles. The van der Waals surface area contributed by atoms with Gasteiger partial charge in [-0.2, -0.15) is 0 Å². The first-order chi connectivity index (χ1) is 12.8. The number of hydrogen-bond acceptors (Lipinski definition) is 5. The summed E-state index contributed by atoms with van der Waals surface area (Å²) >= 11 is 0. The number of hydrogen-bond donors (Lipinski definition) is 3. The molecule has 27 heavy (non-hydrogen) atoms. The first kappa shape index (κ1) is 26.3. The van der Waals surface area contributed by atoms with Crippen LogP contribution in [0.1, 0.15) is 84.0 Å². The molecule has 1 atom stereocenters. The minimum absolute atomic E-state index is 0.281. The Morgan fingerprint density at radius 1 is 0.926 bits per heavy atom. The molecule has 7 nitrogen and oxygen atoms in total. The van der Waals surface area contributed by atoms with Crippen LogP contribution in [0.15, 0.2) is 12.2 Å². The number of phosphoric acid groups is 1. The minimum Gasteiger partial charge on any atom is -0.463 e. The minimum atomic E-state index is -4.62. The molecule has 0 aliphatic carbocycles. The molecule has 0 spiro atoms. The topological polar surface area (TPSA) is 113 Å². The van der Waals surface area contributed by atoms with Gasteiger partial charge in [-0.3, -0.25) is 9.32 Å². The average molecular weight is 408 g/mol. The summed E-state index contributed by atoms with van der Waals surface area (Å²) in [7, 11) is -4.62. The van der Waals surface area contributed by atoms with Gasteiger partial charge in [0.05, 0.1) is 6.61 Å². The normalized spacial score (nSPS) is 13.2. The number of unbranched alkanes of at least 4 members (excludes halogenated alkanes) is 9. The van der Waals surface area contributed by atoms with E-state index in [1.807, 2.05) is 0 Å². The lowest BCUT2D eigenvalue weighted by Gasteiger charge is -2.12. The maximum absolute atomic E-state index is 11.5. The maximum Gasteiger partial charge on any atom is 0.469 e. The van der Waals surface area contributed by atoms with E-state index in [2.05, 4.69) is 23.6 Å². The fourth-order valence-electron chi connectivity index (χ4n) is 2.48. The Kier molecular flexibility index (Phi) is 16.9. The van der Waals surface area contributed by atoms with Crippen molar-refractivity contribution in [1.82, 2.24) is 0 Å². The van der Waals surface area contributed by atoms with Crippen molar-refractivity contribution in [2.45, 2.75) is 90.1 Å². The lowest BCUT2D eigenvalue weighted by molar-refractivity contribution is -0.147. The predicted octanol–water partition coefficient (Wildman–Crippen LogP) is 4.26. The van der Waals surface area contributed by atoms with E-state index in [9.17, 15) is 14.5 Å². The molecule has 0 aromatic heterocycles. The van der Waals surface area contributed by atoms with Crippen LogP contribution in [0.4, 0.5) is 0 Å². The van der Waals surface area contributed by atoms with E-state index < -0.39 is 26.5 Å². The highest BCUT2D eigenvalue weighted by Crippen LogP contribution is 2.35. The van der Waals surface area contributed by atoms with Crippen LogP contribution < -0.4 is 0 Å². The van der Waals surface area contributed by atoms with Gasteiger partial charge < -0.3 is 19.6 Å². The number of allylic oxidation sites excluding steroid dienone is 2. The molecule has 160 valence electrons. The largest absolute Gasteiger partial charge is 0.469 e. The monoisotopic (exact) mass is 408 g/mol. The number of rotatable bonds is 18. The summed E-state index contributed by atoms with van der Waals surface area (Å²) in [5, 5.41) is 9.39. The van der Waals surface area contributed by atoms with E-state index in [4.69, 9.17) is 14.5 Å². The Balaban J connectivity index is 3.41. The third-order valence-electron chi connectivity index (χ3n) is 4.01. The fourth-order valence-corrected chi connectivity index (χ4v) is 2.85. The summed E-state index contributed by atoms with van der Waals surface area (Å²) in [5.41, 5.74) is 0. The van der Waals surface area contributed by atoms with Crippen LogP contribution in [0.2, 0.25) is 0 Å². The van der Waals surface area contributed by atoms with Gasteiger partial charge in [0.2, 0.25) is 0 Å². The molecule has 0 aromatic rings. The van der Waals surface area contributed by atoms with Gasteiger partial charge in [-0.15, -0.1) is 0 Å². The van der Waals surface area contributed by atoms with E-state index in [0.29, 0.717) is 0 Å². The predicted molar refractivity (Wildman–Crippen MR) is 105 cm³/mol. The quantitative estimate of drug-likeness (QED) is 0.134. The number of carbonyl (C=O) groups is 1. The Hall–Kier alpha value is -0.720. The van der Waals surface area contributed by atoms with Crippen molar-refractivity contribution in [1.29, 1.82) is 0 Å². The summed E-state index contributed by atoms with van der Waals surface area (Å²) in [5.74, 6) is -0.420. The molecule has 1 unspecified atom stereocenters. The Labute approximate surface area is 163 Å². The lowest BCUT2D eigenvalue weighted by atomic mass is 10.1. The molecule has 0 bridgehead atoms. The number of aliphatic hydroxyl groups excluding tert-OH is 1. The third-order valence-corrected chi connectivity index (χ3v) is 4.50. The van der Waals surface area contributed by atoms with Crippen molar-refractivity contribution in [3.05, 3.63) is 12.2 Å². The summed E-state index contributed by atoms with van der Waals surface area (Å²) in [6.07, 6.45) is 16.2. The lowest BCUT2D eigenvalue weighted by Crippen LogP contribution is -2.23. The molecule has 0 aliphatic heterocycles. The average Bonchev–Trinajstić information content (AvgIpc) is 2.61. The Morgan fingerprint density at radius 2 is 1.48 bits per heavy atom. The second-order valence-electron chi connectivity index (χ2n) is 6.75. The molecule has 0 radical (unpaired) electrons. The maximum atomic E-state index is 11.5. The zero-order valence-corrected chi connectivity index (χ0v) is 17.4. The number of aliphatic hydroxyl groups is 1. The summed E-state index contributed by atoms with van der Waals surface area (Å²) in [6, 6.07) is 0. The Bertz CT molecular complexity index is 434. The molecule has 0 saturated heterocycles. The van der Waals surface area contributed by atoms with Crippen LogP contribution in [0.3, 0.4) is 0 Å².